The van der Waals surface area contributed by atoms with Crippen molar-refractivity contribution >= 4 is 5.97 Å². The number of carboxylic acid groups (broad SMARTS) is 1. The third kappa shape index (κ3) is 3.12. The van der Waals surface area contributed by atoms with E-state index in [2.05, 4.69) is 0 Å². The highest BCUT2D eigenvalue weighted by Gasteiger charge is 2.19. The maximum absolute atomic E-state index is 12.0. The van der Waals surface area contributed by atoms with Crippen molar-refractivity contribution in [2.75, 3.05) is 13.1 Å². The van der Waals surface area contributed by atoms with Crippen LogP contribution in [0.25, 0.3) is 0 Å². The Bertz CT molecular complexity index is 232. The van der Waals surface area contributed by atoms with E-state index in [1.54, 1.807) is 6.92 Å². The third-order valence-electron chi connectivity index (χ3n) is 2.64. The molecule has 0 aromatic rings. The second-order valence-electron chi connectivity index (χ2n) is 3.48. The molecule has 0 saturated heterocycles. The lowest BCUT2D eigenvalue weighted by Gasteiger charge is -2.45. The lowest BCUT2D eigenvalue weighted by Crippen LogP contribution is -2.48. The second kappa shape index (κ2) is 5.12. The van der Waals surface area contributed by atoms with Crippen molar-refractivity contribution in [3.8, 4) is 0 Å². The Morgan fingerprint density at radius 1 is 1.50 bits per heavy atom. The van der Waals surface area contributed by atoms with E-state index in [4.69, 9.17) is 5.11 Å². The van der Waals surface area contributed by atoms with Gasteiger partial charge in [0, 0.05) is 5.57 Å². The van der Waals surface area contributed by atoms with Crippen LogP contribution in [0.3, 0.4) is 0 Å². The molecule has 82 valence electrons. The summed E-state index contributed by atoms with van der Waals surface area (Å²) in [5, 5.41) is 20.7. The van der Waals surface area contributed by atoms with Gasteiger partial charge in [-0.25, -0.2) is 4.79 Å². The first-order valence-electron chi connectivity index (χ1n) is 4.86. The summed E-state index contributed by atoms with van der Waals surface area (Å²) in [5.41, 5.74) is 0.234. The van der Waals surface area contributed by atoms with Gasteiger partial charge in [-0.1, -0.05) is 0 Å². The standard InChI is InChI=1S/C10H19NO3/c1-5-11(14,6-2)9(4)7-8(3)10(12)13/h7,9H,5-6H2,1-4H3,(H,12,13). The van der Waals surface area contributed by atoms with Gasteiger partial charge in [0.1, 0.15) is 6.04 Å². The molecule has 1 unspecified atom stereocenters. The van der Waals surface area contributed by atoms with Crippen LogP contribution in [0.5, 0.6) is 0 Å². The zero-order valence-corrected chi connectivity index (χ0v) is 9.28. The summed E-state index contributed by atoms with van der Waals surface area (Å²) in [6.07, 6.45) is 1.53. The van der Waals surface area contributed by atoms with Gasteiger partial charge >= 0.3 is 5.97 Å². The van der Waals surface area contributed by atoms with Crippen LogP contribution in [0.1, 0.15) is 27.7 Å². The largest absolute Gasteiger partial charge is 0.632 e. The third-order valence-corrected chi connectivity index (χ3v) is 2.64. The molecular formula is C10H19NO3. The van der Waals surface area contributed by atoms with Gasteiger partial charge in [-0.15, -0.1) is 0 Å². The lowest BCUT2D eigenvalue weighted by molar-refractivity contribution is -0.893. The molecule has 0 radical (unpaired) electrons. The van der Waals surface area contributed by atoms with Gasteiger partial charge in [0.2, 0.25) is 0 Å². The maximum Gasteiger partial charge on any atom is 0.331 e. The van der Waals surface area contributed by atoms with Crippen LogP contribution < -0.4 is 0 Å². The van der Waals surface area contributed by atoms with Crippen molar-refractivity contribution in [1.29, 1.82) is 0 Å². The van der Waals surface area contributed by atoms with Crippen LogP contribution in [0.15, 0.2) is 11.6 Å². The van der Waals surface area contributed by atoms with E-state index in [-0.39, 0.29) is 16.3 Å². The highest BCUT2D eigenvalue weighted by Crippen LogP contribution is 2.13. The molecule has 0 aliphatic carbocycles. The van der Waals surface area contributed by atoms with Crippen molar-refractivity contribution in [1.82, 2.24) is 0 Å². The minimum atomic E-state index is -0.962. The molecule has 4 nitrogen and oxygen atoms in total. The van der Waals surface area contributed by atoms with Crippen molar-refractivity contribution < 1.29 is 14.5 Å². The van der Waals surface area contributed by atoms with Crippen LogP contribution in [0, 0.1) is 5.21 Å². The summed E-state index contributed by atoms with van der Waals surface area (Å²) in [5.74, 6) is -0.962. The van der Waals surface area contributed by atoms with Crippen molar-refractivity contribution in [2.24, 2.45) is 0 Å². The normalized spacial score (nSPS) is 15.4. The Hall–Kier alpha value is -0.870. The summed E-state index contributed by atoms with van der Waals surface area (Å²) in [4.78, 5) is 10.6. The lowest BCUT2D eigenvalue weighted by atomic mass is 10.1. The van der Waals surface area contributed by atoms with Crippen LogP contribution in [-0.2, 0) is 4.79 Å². The molecule has 0 spiro atoms. The molecule has 1 atom stereocenters. The maximum atomic E-state index is 12.0. The fourth-order valence-electron chi connectivity index (χ4n) is 1.37. The predicted molar refractivity (Wildman–Crippen MR) is 55.6 cm³/mol. The Balaban J connectivity index is 4.69. The van der Waals surface area contributed by atoms with Gasteiger partial charge in [-0.05, 0) is 33.8 Å². The fraction of sp³-hybridized carbons (Fsp3) is 0.700. The molecule has 0 amide bonds. The summed E-state index contributed by atoms with van der Waals surface area (Å²) >= 11 is 0. The molecule has 0 rings (SSSR count). The quantitative estimate of drug-likeness (QED) is 0.419. The van der Waals surface area contributed by atoms with Gasteiger partial charge in [-0.3, -0.25) is 0 Å². The van der Waals surface area contributed by atoms with E-state index in [0.717, 1.165) is 0 Å². The number of carbonyl (C=O) groups is 1. The summed E-state index contributed by atoms with van der Waals surface area (Å²) in [6, 6.07) is -0.305. The number of hydroxylamine groups is 3. The number of nitrogens with zero attached hydrogens (tertiary/aromatic N) is 1. The SMILES string of the molecule is CC[N+]([O-])(CC)C(C)C=C(C)C(=O)O. The number of hydrogen-bond donors (Lipinski definition) is 1. The van der Waals surface area contributed by atoms with E-state index in [9.17, 15) is 10.0 Å². The summed E-state index contributed by atoms with van der Waals surface area (Å²) in [6.45, 7) is 7.82. The average Bonchev–Trinajstić information content (AvgIpc) is 2.16. The van der Waals surface area contributed by atoms with Gasteiger partial charge in [0.25, 0.3) is 0 Å². The highest BCUT2D eigenvalue weighted by atomic mass is 16.5. The molecule has 0 aliphatic heterocycles. The molecule has 4 heteroatoms. The van der Waals surface area contributed by atoms with Gasteiger partial charge in [0.05, 0.1) is 13.1 Å². The first-order chi connectivity index (χ1) is 6.37. The molecule has 0 aromatic heterocycles. The molecule has 1 N–H and O–H groups in total. The zero-order valence-electron chi connectivity index (χ0n) is 9.28. The van der Waals surface area contributed by atoms with Crippen LogP contribution in [-0.4, -0.2) is 34.9 Å². The number of aliphatic carboxylic acids is 1. The Labute approximate surface area is 85.0 Å². The number of likely N-dealkylation sites (N-methyl/N-ethyl adjacent to an activating group) is 1. The van der Waals surface area contributed by atoms with Crippen LogP contribution in [0.2, 0.25) is 0 Å². The Kier molecular flexibility index (Phi) is 4.80. The molecular weight excluding hydrogens is 182 g/mol. The van der Waals surface area contributed by atoms with E-state index < -0.39 is 5.97 Å². The average molecular weight is 201 g/mol. The second-order valence-corrected chi connectivity index (χ2v) is 3.48. The van der Waals surface area contributed by atoms with Crippen molar-refractivity contribution in [3.63, 3.8) is 0 Å². The topological polar surface area (TPSA) is 60.4 Å². The molecule has 0 heterocycles. The molecule has 0 aromatic carbocycles. The first kappa shape index (κ1) is 13.1. The van der Waals surface area contributed by atoms with Gasteiger partial charge in [0.15, 0.2) is 0 Å². The van der Waals surface area contributed by atoms with E-state index in [0.29, 0.717) is 13.1 Å². The fourth-order valence-corrected chi connectivity index (χ4v) is 1.37. The summed E-state index contributed by atoms with van der Waals surface area (Å²) < 4.78 is -0.370. The number of hydrogen-bond acceptors (Lipinski definition) is 2. The minimum absolute atomic E-state index is 0.234. The monoisotopic (exact) mass is 201 g/mol. The molecule has 0 aliphatic rings. The van der Waals surface area contributed by atoms with Crippen molar-refractivity contribution in [2.45, 2.75) is 33.7 Å². The number of rotatable bonds is 5. The Morgan fingerprint density at radius 3 is 2.21 bits per heavy atom. The van der Waals surface area contributed by atoms with Crippen LogP contribution in [0.4, 0.5) is 0 Å². The number of carboxylic acids is 1. The minimum Gasteiger partial charge on any atom is -0.632 e. The van der Waals surface area contributed by atoms with E-state index >= 15 is 0 Å². The molecule has 0 bridgehead atoms. The van der Waals surface area contributed by atoms with Crippen LogP contribution >= 0.6 is 0 Å². The number of quaternary nitrogens is 1. The molecule has 0 fully saturated rings. The first-order valence-corrected chi connectivity index (χ1v) is 4.86. The van der Waals surface area contributed by atoms with E-state index in [1.165, 1.54) is 13.0 Å². The summed E-state index contributed by atoms with van der Waals surface area (Å²) in [7, 11) is 0. The van der Waals surface area contributed by atoms with Gasteiger partial charge < -0.3 is 15.0 Å². The van der Waals surface area contributed by atoms with Crippen molar-refractivity contribution in [3.05, 3.63) is 16.9 Å². The van der Waals surface area contributed by atoms with Gasteiger partial charge in [-0.2, -0.15) is 0 Å². The predicted octanol–water partition coefficient (Wildman–Crippen LogP) is 1.76. The zero-order chi connectivity index (χ0) is 11.4. The highest BCUT2D eigenvalue weighted by molar-refractivity contribution is 5.85. The molecule has 14 heavy (non-hydrogen) atoms. The Morgan fingerprint density at radius 2 is 1.93 bits per heavy atom. The van der Waals surface area contributed by atoms with E-state index in [1.807, 2.05) is 13.8 Å². The smallest absolute Gasteiger partial charge is 0.331 e. The molecule has 0 saturated carbocycles.